The van der Waals surface area contributed by atoms with Crippen LogP contribution < -0.4 is 5.76 Å². The molecule has 5 nitrogen and oxygen atoms in total. The third-order valence-electron chi connectivity index (χ3n) is 2.34. The summed E-state index contributed by atoms with van der Waals surface area (Å²) >= 11 is 0. The number of carbonyl (C=O) groups excluding carboxylic acids is 1. The minimum absolute atomic E-state index is 0.0293. The van der Waals surface area contributed by atoms with Crippen molar-refractivity contribution in [1.82, 2.24) is 4.57 Å². The molecule has 102 valence electrons. The van der Waals surface area contributed by atoms with E-state index < -0.39 is 23.1 Å². The fourth-order valence-corrected chi connectivity index (χ4v) is 1.73. The standard InChI is InChI=1S/C13H14FNO4/c1-13(2,3)19-10(16)7-15-11-8(14)5-4-6-9(11)18-12(15)17/h4-6H,7H2,1-3H3. The molecule has 0 bridgehead atoms. The molecule has 2 rings (SSSR count). The van der Waals surface area contributed by atoms with E-state index in [9.17, 15) is 14.0 Å². The quantitative estimate of drug-likeness (QED) is 0.781. The molecular formula is C13H14FNO4. The third-order valence-corrected chi connectivity index (χ3v) is 2.34. The van der Waals surface area contributed by atoms with Gasteiger partial charge in [-0.1, -0.05) is 6.07 Å². The lowest BCUT2D eigenvalue weighted by molar-refractivity contribution is -0.155. The lowest BCUT2D eigenvalue weighted by atomic mass is 10.2. The van der Waals surface area contributed by atoms with Crippen LogP contribution in [-0.2, 0) is 16.1 Å². The second-order valence-corrected chi connectivity index (χ2v) is 5.13. The number of rotatable bonds is 2. The third kappa shape index (κ3) is 2.83. The number of esters is 1. The highest BCUT2D eigenvalue weighted by Gasteiger charge is 2.20. The van der Waals surface area contributed by atoms with Crippen LogP contribution in [0.25, 0.3) is 11.1 Å². The molecule has 0 saturated heterocycles. The largest absolute Gasteiger partial charge is 0.459 e. The van der Waals surface area contributed by atoms with Gasteiger partial charge < -0.3 is 9.15 Å². The van der Waals surface area contributed by atoms with E-state index in [1.165, 1.54) is 18.2 Å². The summed E-state index contributed by atoms with van der Waals surface area (Å²) in [6.07, 6.45) is 0. The maximum atomic E-state index is 13.7. The molecule has 0 aliphatic carbocycles. The summed E-state index contributed by atoms with van der Waals surface area (Å²) in [5, 5.41) is 0. The van der Waals surface area contributed by atoms with Crippen LogP contribution in [0.15, 0.2) is 27.4 Å². The summed E-state index contributed by atoms with van der Waals surface area (Å²) in [5.74, 6) is -2.03. The Morgan fingerprint density at radius 1 is 1.42 bits per heavy atom. The number of nitrogens with zero attached hydrogens (tertiary/aromatic N) is 1. The Morgan fingerprint density at radius 3 is 2.74 bits per heavy atom. The zero-order valence-electron chi connectivity index (χ0n) is 10.9. The molecule has 2 aromatic rings. The van der Waals surface area contributed by atoms with Crippen molar-refractivity contribution in [1.29, 1.82) is 0 Å². The Bertz CT molecular complexity index is 678. The Labute approximate surface area is 108 Å². The summed E-state index contributed by atoms with van der Waals surface area (Å²) in [5.41, 5.74) is -0.592. The minimum atomic E-state index is -0.786. The van der Waals surface area contributed by atoms with Crippen LogP contribution in [0.4, 0.5) is 4.39 Å². The lowest BCUT2D eigenvalue weighted by Gasteiger charge is -2.19. The number of oxazole rings is 1. The van der Waals surface area contributed by atoms with Gasteiger partial charge in [-0.2, -0.15) is 0 Å². The van der Waals surface area contributed by atoms with Gasteiger partial charge in [0.2, 0.25) is 0 Å². The first-order valence-corrected chi connectivity index (χ1v) is 5.77. The van der Waals surface area contributed by atoms with Crippen molar-refractivity contribution in [2.45, 2.75) is 32.9 Å². The number of ether oxygens (including phenoxy) is 1. The fourth-order valence-electron chi connectivity index (χ4n) is 1.73. The van der Waals surface area contributed by atoms with E-state index >= 15 is 0 Å². The maximum Gasteiger partial charge on any atom is 0.420 e. The monoisotopic (exact) mass is 267 g/mol. The van der Waals surface area contributed by atoms with Crippen molar-refractivity contribution >= 4 is 17.1 Å². The molecule has 1 aromatic heterocycles. The van der Waals surface area contributed by atoms with Crippen molar-refractivity contribution in [3.05, 3.63) is 34.6 Å². The maximum absolute atomic E-state index is 13.7. The van der Waals surface area contributed by atoms with Crippen LogP contribution in [0.5, 0.6) is 0 Å². The first-order valence-electron chi connectivity index (χ1n) is 5.77. The Kier molecular flexibility index (Phi) is 3.18. The van der Waals surface area contributed by atoms with Crippen molar-refractivity contribution in [3.8, 4) is 0 Å². The van der Waals surface area contributed by atoms with Crippen molar-refractivity contribution in [2.24, 2.45) is 0 Å². The molecule has 1 heterocycles. The van der Waals surface area contributed by atoms with Gasteiger partial charge in [-0.15, -0.1) is 0 Å². The molecule has 1 aromatic carbocycles. The van der Waals surface area contributed by atoms with Gasteiger partial charge in [-0.25, -0.2) is 9.18 Å². The Morgan fingerprint density at radius 2 is 2.11 bits per heavy atom. The number of para-hydroxylation sites is 1. The summed E-state index contributed by atoms with van der Waals surface area (Å²) in [7, 11) is 0. The van der Waals surface area contributed by atoms with Crippen molar-refractivity contribution < 1.29 is 18.3 Å². The lowest BCUT2D eigenvalue weighted by Crippen LogP contribution is -2.29. The average molecular weight is 267 g/mol. The first kappa shape index (κ1) is 13.3. The summed E-state index contributed by atoms with van der Waals surface area (Å²) < 4.78 is 24.6. The number of aromatic nitrogens is 1. The van der Waals surface area contributed by atoms with E-state index in [1.54, 1.807) is 20.8 Å². The number of benzene rings is 1. The normalized spacial score (nSPS) is 11.8. The van der Waals surface area contributed by atoms with Crippen LogP contribution in [0.2, 0.25) is 0 Å². The molecule has 0 aliphatic heterocycles. The minimum Gasteiger partial charge on any atom is -0.459 e. The van der Waals surface area contributed by atoms with Gasteiger partial charge >= 0.3 is 11.7 Å². The van der Waals surface area contributed by atoms with Crippen LogP contribution in [-0.4, -0.2) is 16.1 Å². The molecule has 6 heteroatoms. The van der Waals surface area contributed by atoms with E-state index in [0.29, 0.717) is 0 Å². The van der Waals surface area contributed by atoms with Crippen molar-refractivity contribution in [2.75, 3.05) is 0 Å². The smallest absolute Gasteiger partial charge is 0.420 e. The number of hydrogen-bond donors (Lipinski definition) is 0. The van der Waals surface area contributed by atoms with Crippen LogP contribution in [0, 0.1) is 5.82 Å². The van der Waals surface area contributed by atoms with Gasteiger partial charge in [0.15, 0.2) is 11.4 Å². The number of carbonyl (C=O) groups is 1. The molecule has 0 unspecified atom stereocenters. The van der Waals surface area contributed by atoms with Crippen LogP contribution in [0.1, 0.15) is 20.8 Å². The molecule has 0 spiro atoms. The SMILES string of the molecule is CC(C)(C)OC(=O)Cn1c(=O)oc2cccc(F)c21. The molecular weight excluding hydrogens is 253 g/mol. The van der Waals surface area contributed by atoms with Crippen LogP contribution >= 0.6 is 0 Å². The van der Waals surface area contributed by atoms with E-state index in [2.05, 4.69) is 0 Å². The van der Waals surface area contributed by atoms with Gasteiger partial charge in [-0.05, 0) is 32.9 Å². The number of hydrogen-bond acceptors (Lipinski definition) is 4. The zero-order chi connectivity index (χ0) is 14.2. The summed E-state index contributed by atoms with van der Waals surface area (Å²) in [4.78, 5) is 23.3. The van der Waals surface area contributed by atoms with E-state index in [-0.39, 0.29) is 17.6 Å². The zero-order valence-corrected chi connectivity index (χ0v) is 10.9. The molecule has 19 heavy (non-hydrogen) atoms. The van der Waals surface area contributed by atoms with Gasteiger partial charge in [-0.3, -0.25) is 9.36 Å². The average Bonchev–Trinajstić information content (AvgIpc) is 2.54. The van der Waals surface area contributed by atoms with Gasteiger partial charge in [0.25, 0.3) is 0 Å². The topological polar surface area (TPSA) is 61.4 Å². The highest BCUT2D eigenvalue weighted by Crippen LogP contribution is 2.17. The Balaban J connectivity index is 2.38. The number of fused-ring (bicyclic) bond motifs is 1. The predicted molar refractivity (Wildman–Crippen MR) is 66.3 cm³/mol. The Hall–Kier alpha value is -2.11. The van der Waals surface area contributed by atoms with Gasteiger partial charge in [0.1, 0.15) is 17.7 Å². The number of halogens is 1. The van der Waals surface area contributed by atoms with E-state index in [4.69, 9.17) is 9.15 Å². The first-order chi connectivity index (χ1) is 8.78. The van der Waals surface area contributed by atoms with Crippen LogP contribution in [0.3, 0.4) is 0 Å². The molecule has 0 radical (unpaired) electrons. The van der Waals surface area contributed by atoms with E-state index in [1.807, 2.05) is 0 Å². The van der Waals surface area contributed by atoms with E-state index in [0.717, 1.165) is 4.57 Å². The second kappa shape index (κ2) is 4.53. The summed E-state index contributed by atoms with van der Waals surface area (Å²) in [6.45, 7) is 4.75. The van der Waals surface area contributed by atoms with Gasteiger partial charge in [0, 0.05) is 0 Å². The highest BCUT2D eigenvalue weighted by atomic mass is 19.1. The molecule has 0 saturated carbocycles. The molecule has 0 atom stereocenters. The highest BCUT2D eigenvalue weighted by molar-refractivity contribution is 5.77. The van der Waals surface area contributed by atoms with Gasteiger partial charge in [0.05, 0.1) is 0 Å². The predicted octanol–water partition coefficient (Wildman–Crippen LogP) is 2.08. The van der Waals surface area contributed by atoms with Crippen molar-refractivity contribution in [3.63, 3.8) is 0 Å². The summed E-state index contributed by atoms with van der Waals surface area (Å²) in [6, 6.07) is 4.09. The molecule has 0 aliphatic rings. The fraction of sp³-hybridized carbons (Fsp3) is 0.385. The molecule has 0 fully saturated rings. The second-order valence-electron chi connectivity index (χ2n) is 5.13. The molecule has 0 amide bonds. The molecule has 0 N–H and O–H groups in total.